The van der Waals surface area contributed by atoms with Crippen molar-refractivity contribution in [3.8, 4) is 0 Å². The van der Waals surface area contributed by atoms with Crippen LogP contribution in [0, 0.1) is 4.91 Å². The number of hydrogen-bond acceptors (Lipinski definition) is 4. The minimum atomic E-state index is -0.0111. The summed E-state index contributed by atoms with van der Waals surface area (Å²) in [6.45, 7) is 5.80. The lowest BCUT2D eigenvalue weighted by Crippen LogP contribution is -2.34. The zero-order valence-electron chi connectivity index (χ0n) is 10.9. The molecule has 1 heterocycles. The standard InChI is InChI=1S/C14H21N3O/c1-2-15-14(12-6-4-3-5-7-12)11-17-9-8-13(10-17)16-18/h3-7,13-15H,2,8-11H2,1H3/t13-,14+/m0/s1. The van der Waals surface area contributed by atoms with Gasteiger partial charge in [0.2, 0.25) is 0 Å². The molecule has 0 spiro atoms. The number of nitrogens with zero attached hydrogens (tertiary/aromatic N) is 2. The van der Waals surface area contributed by atoms with Crippen LogP contribution in [0.5, 0.6) is 0 Å². The van der Waals surface area contributed by atoms with Gasteiger partial charge in [0.05, 0.1) is 0 Å². The summed E-state index contributed by atoms with van der Waals surface area (Å²) in [5, 5.41) is 6.66. The number of benzene rings is 1. The summed E-state index contributed by atoms with van der Waals surface area (Å²) in [4.78, 5) is 12.9. The van der Waals surface area contributed by atoms with Gasteiger partial charge in [0.25, 0.3) is 0 Å². The quantitative estimate of drug-likeness (QED) is 0.784. The van der Waals surface area contributed by atoms with E-state index in [4.69, 9.17) is 0 Å². The molecule has 1 aromatic carbocycles. The second kappa shape index (κ2) is 6.61. The lowest BCUT2D eigenvalue weighted by Gasteiger charge is -2.24. The van der Waals surface area contributed by atoms with Crippen LogP contribution in [-0.4, -0.2) is 37.1 Å². The third kappa shape index (κ3) is 3.37. The van der Waals surface area contributed by atoms with Crippen LogP contribution < -0.4 is 5.32 Å². The third-order valence-electron chi connectivity index (χ3n) is 3.49. The Morgan fingerprint density at radius 2 is 2.22 bits per heavy atom. The van der Waals surface area contributed by atoms with Crippen molar-refractivity contribution in [2.75, 3.05) is 26.2 Å². The van der Waals surface area contributed by atoms with E-state index in [-0.39, 0.29) is 6.04 Å². The van der Waals surface area contributed by atoms with Crippen LogP contribution in [0.3, 0.4) is 0 Å². The molecule has 1 aliphatic heterocycles. The predicted octanol–water partition coefficient (Wildman–Crippen LogP) is 2.18. The first kappa shape index (κ1) is 13.2. The molecule has 1 aliphatic rings. The van der Waals surface area contributed by atoms with E-state index in [9.17, 15) is 4.91 Å². The first-order valence-electron chi connectivity index (χ1n) is 6.66. The van der Waals surface area contributed by atoms with Crippen molar-refractivity contribution in [3.63, 3.8) is 0 Å². The molecule has 2 atom stereocenters. The maximum absolute atomic E-state index is 10.5. The van der Waals surface area contributed by atoms with Crippen molar-refractivity contribution < 1.29 is 0 Å². The summed E-state index contributed by atoms with van der Waals surface area (Å²) in [6, 6.07) is 10.8. The summed E-state index contributed by atoms with van der Waals surface area (Å²) < 4.78 is 0. The summed E-state index contributed by atoms with van der Waals surface area (Å²) in [7, 11) is 0. The summed E-state index contributed by atoms with van der Waals surface area (Å²) in [6.07, 6.45) is 0.900. The molecule has 1 N–H and O–H groups in total. The highest BCUT2D eigenvalue weighted by Gasteiger charge is 2.25. The zero-order chi connectivity index (χ0) is 12.8. The molecule has 4 heteroatoms. The van der Waals surface area contributed by atoms with Crippen molar-refractivity contribution in [2.45, 2.75) is 25.4 Å². The molecular weight excluding hydrogens is 226 g/mol. The van der Waals surface area contributed by atoms with Crippen LogP contribution in [0.25, 0.3) is 0 Å². The van der Waals surface area contributed by atoms with Gasteiger partial charge < -0.3 is 5.32 Å². The third-order valence-corrected chi connectivity index (χ3v) is 3.49. The molecular formula is C14H21N3O. The SMILES string of the molecule is CCN[C@H](CN1CC[C@H](N=O)C1)c1ccccc1. The Balaban J connectivity index is 1.97. The Bertz CT molecular complexity index is 369. The van der Waals surface area contributed by atoms with Crippen LogP contribution in [0.4, 0.5) is 0 Å². The van der Waals surface area contributed by atoms with Gasteiger partial charge in [-0.3, -0.25) is 4.90 Å². The largest absolute Gasteiger partial charge is 0.309 e. The predicted molar refractivity (Wildman–Crippen MR) is 73.5 cm³/mol. The Labute approximate surface area is 108 Å². The molecule has 1 fully saturated rings. The van der Waals surface area contributed by atoms with Gasteiger partial charge in [-0.2, -0.15) is 4.91 Å². The maximum Gasteiger partial charge on any atom is 0.106 e. The van der Waals surface area contributed by atoms with Crippen LogP contribution in [-0.2, 0) is 0 Å². The van der Waals surface area contributed by atoms with Crippen molar-refractivity contribution in [3.05, 3.63) is 40.8 Å². The molecule has 0 aromatic heterocycles. The molecule has 4 nitrogen and oxygen atoms in total. The van der Waals surface area contributed by atoms with Crippen molar-refractivity contribution >= 4 is 0 Å². The van der Waals surface area contributed by atoms with E-state index >= 15 is 0 Å². The topological polar surface area (TPSA) is 44.7 Å². The van der Waals surface area contributed by atoms with E-state index in [1.54, 1.807) is 0 Å². The maximum atomic E-state index is 10.5. The number of hydrogen-bond donors (Lipinski definition) is 1. The van der Waals surface area contributed by atoms with Crippen molar-refractivity contribution in [1.29, 1.82) is 0 Å². The number of likely N-dealkylation sites (tertiary alicyclic amines) is 1. The molecule has 0 aliphatic carbocycles. The smallest absolute Gasteiger partial charge is 0.106 e. The van der Waals surface area contributed by atoms with E-state index in [0.717, 1.165) is 32.6 Å². The van der Waals surface area contributed by atoms with E-state index < -0.39 is 0 Å². The van der Waals surface area contributed by atoms with Crippen molar-refractivity contribution in [2.24, 2.45) is 5.18 Å². The normalized spacial score (nSPS) is 21.9. The average molecular weight is 247 g/mol. The first-order chi connectivity index (χ1) is 8.83. The highest BCUT2D eigenvalue weighted by Crippen LogP contribution is 2.18. The first-order valence-corrected chi connectivity index (χ1v) is 6.66. The fourth-order valence-electron chi connectivity index (χ4n) is 2.54. The van der Waals surface area contributed by atoms with Gasteiger partial charge in [0.15, 0.2) is 0 Å². The van der Waals surface area contributed by atoms with Crippen molar-refractivity contribution in [1.82, 2.24) is 10.2 Å². The fraction of sp³-hybridized carbons (Fsp3) is 0.571. The Morgan fingerprint density at radius 3 is 2.83 bits per heavy atom. The van der Waals surface area contributed by atoms with E-state index in [1.165, 1.54) is 5.56 Å². The number of likely N-dealkylation sites (N-methyl/N-ethyl adjacent to an activating group) is 1. The second-order valence-electron chi connectivity index (χ2n) is 4.83. The van der Waals surface area contributed by atoms with E-state index in [0.29, 0.717) is 6.04 Å². The minimum Gasteiger partial charge on any atom is -0.309 e. The summed E-state index contributed by atoms with van der Waals surface area (Å²) in [5.41, 5.74) is 1.31. The molecule has 98 valence electrons. The van der Waals surface area contributed by atoms with Crippen LogP contribution in [0.15, 0.2) is 35.5 Å². The van der Waals surface area contributed by atoms with Gasteiger partial charge in [-0.1, -0.05) is 42.4 Å². The highest BCUT2D eigenvalue weighted by molar-refractivity contribution is 5.19. The van der Waals surface area contributed by atoms with Crippen LogP contribution in [0.2, 0.25) is 0 Å². The van der Waals surface area contributed by atoms with E-state index in [2.05, 4.69) is 46.6 Å². The lowest BCUT2D eigenvalue weighted by atomic mass is 10.1. The Hall–Kier alpha value is -1.26. The van der Waals surface area contributed by atoms with Gasteiger partial charge >= 0.3 is 0 Å². The summed E-state index contributed by atoms with van der Waals surface area (Å²) in [5.74, 6) is 0. The molecule has 1 saturated heterocycles. The molecule has 0 bridgehead atoms. The van der Waals surface area contributed by atoms with Crippen LogP contribution >= 0.6 is 0 Å². The highest BCUT2D eigenvalue weighted by atomic mass is 16.3. The fourth-order valence-corrected chi connectivity index (χ4v) is 2.54. The average Bonchev–Trinajstić information content (AvgIpc) is 2.87. The molecule has 2 rings (SSSR count). The lowest BCUT2D eigenvalue weighted by molar-refractivity contribution is 0.291. The molecule has 0 radical (unpaired) electrons. The summed E-state index contributed by atoms with van der Waals surface area (Å²) >= 11 is 0. The Morgan fingerprint density at radius 1 is 1.44 bits per heavy atom. The number of nitrogens with one attached hydrogen (secondary N) is 1. The number of rotatable bonds is 6. The van der Waals surface area contributed by atoms with Gasteiger partial charge in [-0.15, -0.1) is 0 Å². The van der Waals surface area contributed by atoms with E-state index in [1.807, 2.05) is 6.07 Å². The molecule has 0 amide bonds. The second-order valence-corrected chi connectivity index (χ2v) is 4.83. The van der Waals surface area contributed by atoms with Gasteiger partial charge in [-0.05, 0) is 18.5 Å². The van der Waals surface area contributed by atoms with Gasteiger partial charge in [0.1, 0.15) is 6.04 Å². The van der Waals surface area contributed by atoms with Crippen LogP contribution in [0.1, 0.15) is 24.9 Å². The Kier molecular flexibility index (Phi) is 4.84. The molecule has 18 heavy (non-hydrogen) atoms. The molecule has 0 saturated carbocycles. The minimum absolute atomic E-state index is 0.0111. The van der Waals surface area contributed by atoms with Gasteiger partial charge in [0, 0.05) is 25.7 Å². The van der Waals surface area contributed by atoms with Gasteiger partial charge in [-0.25, -0.2) is 0 Å². The molecule has 1 aromatic rings. The zero-order valence-corrected chi connectivity index (χ0v) is 10.9. The number of nitroso groups, excluding NO2 is 1. The monoisotopic (exact) mass is 247 g/mol. The molecule has 0 unspecified atom stereocenters.